The Kier molecular flexibility index (Phi) is 3.05. The van der Waals surface area contributed by atoms with Gasteiger partial charge in [-0.3, -0.25) is 0 Å². The van der Waals surface area contributed by atoms with Gasteiger partial charge in [0.15, 0.2) is 0 Å². The number of rotatable bonds is 3. The Morgan fingerprint density at radius 1 is 1.67 bits per heavy atom. The van der Waals surface area contributed by atoms with Crippen LogP contribution in [0.3, 0.4) is 0 Å². The molecule has 0 aliphatic rings. The quantitative estimate of drug-likeness (QED) is 0.834. The maximum Gasteiger partial charge on any atom is 0.331 e. The molecule has 0 aliphatic heterocycles. The van der Waals surface area contributed by atoms with Gasteiger partial charge < -0.3 is 5.11 Å². The molecule has 0 amide bonds. The van der Waals surface area contributed by atoms with Crippen LogP contribution in [0.15, 0.2) is 28.1 Å². The summed E-state index contributed by atoms with van der Waals surface area (Å²) < 4.78 is 1.01. The van der Waals surface area contributed by atoms with E-state index in [1.54, 1.807) is 0 Å². The zero-order valence-corrected chi connectivity index (χ0v) is 8.61. The van der Waals surface area contributed by atoms with Crippen molar-refractivity contribution in [1.29, 1.82) is 0 Å². The van der Waals surface area contributed by atoms with Crippen molar-refractivity contribution >= 4 is 33.2 Å². The molecule has 0 bridgehead atoms. The summed E-state index contributed by atoms with van der Waals surface area (Å²) >= 11 is 4.83. The predicted molar refractivity (Wildman–Crippen MR) is 52.5 cm³/mol. The average Bonchev–Trinajstić information content (AvgIpc) is 2.35. The van der Waals surface area contributed by atoms with Gasteiger partial charge in [0.1, 0.15) is 0 Å². The van der Waals surface area contributed by atoms with Crippen LogP contribution in [0.25, 0.3) is 0 Å². The summed E-state index contributed by atoms with van der Waals surface area (Å²) in [5, 5.41) is 8.54. The van der Waals surface area contributed by atoms with Gasteiger partial charge in [0.05, 0.1) is 3.79 Å². The van der Waals surface area contributed by atoms with Gasteiger partial charge in [0, 0.05) is 16.9 Å². The van der Waals surface area contributed by atoms with E-state index in [2.05, 4.69) is 22.5 Å². The Morgan fingerprint density at radius 3 is 2.75 bits per heavy atom. The van der Waals surface area contributed by atoms with E-state index >= 15 is 0 Å². The first-order chi connectivity index (χ1) is 5.59. The van der Waals surface area contributed by atoms with E-state index in [0.717, 1.165) is 8.66 Å². The standard InChI is InChI=1S/C8H7BrO2S/c1-5(8(10)11)4-6-2-3-7(9)12-6/h2-3H,1,4H2,(H,10,11). The Hall–Kier alpha value is -0.610. The summed E-state index contributed by atoms with van der Waals surface area (Å²) in [6.07, 6.45) is 0.422. The van der Waals surface area contributed by atoms with Crippen LogP contribution >= 0.6 is 27.3 Å². The second-order valence-corrected chi connectivity index (χ2v) is 4.84. The topological polar surface area (TPSA) is 37.3 Å². The van der Waals surface area contributed by atoms with Crippen LogP contribution in [-0.2, 0) is 11.2 Å². The second-order valence-electron chi connectivity index (χ2n) is 2.29. The predicted octanol–water partition coefficient (Wildman–Crippen LogP) is 2.69. The molecule has 1 aromatic rings. The van der Waals surface area contributed by atoms with Gasteiger partial charge in [0.2, 0.25) is 0 Å². The number of carboxylic acids is 1. The molecule has 0 spiro atoms. The van der Waals surface area contributed by atoms with E-state index in [-0.39, 0.29) is 5.57 Å². The SMILES string of the molecule is C=C(Cc1ccc(Br)s1)C(=O)O. The molecular formula is C8H7BrO2S. The second kappa shape index (κ2) is 3.87. The minimum Gasteiger partial charge on any atom is -0.478 e. The molecule has 12 heavy (non-hydrogen) atoms. The highest BCUT2D eigenvalue weighted by molar-refractivity contribution is 9.11. The summed E-state index contributed by atoms with van der Waals surface area (Å²) in [5.41, 5.74) is 0.226. The molecule has 0 saturated heterocycles. The van der Waals surface area contributed by atoms with Crippen molar-refractivity contribution in [1.82, 2.24) is 0 Å². The fourth-order valence-corrected chi connectivity index (χ4v) is 2.26. The Morgan fingerprint density at radius 2 is 2.33 bits per heavy atom. The van der Waals surface area contributed by atoms with Gasteiger partial charge >= 0.3 is 5.97 Å². The van der Waals surface area contributed by atoms with Gasteiger partial charge in [-0.2, -0.15) is 0 Å². The number of hydrogen-bond donors (Lipinski definition) is 1. The average molecular weight is 247 g/mol. The van der Waals surface area contributed by atoms with E-state index in [1.165, 1.54) is 11.3 Å². The summed E-state index contributed by atoms with van der Waals surface area (Å²) in [6.45, 7) is 3.45. The van der Waals surface area contributed by atoms with E-state index in [1.807, 2.05) is 12.1 Å². The molecular weight excluding hydrogens is 240 g/mol. The van der Waals surface area contributed by atoms with Gasteiger partial charge in [-0.25, -0.2) is 4.79 Å². The fraction of sp³-hybridized carbons (Fsp3) is 0.125. The fourth-order valence-electron chi connectivity index (χ4n) is 0.733. The number of halogens is 1. The van der Waals surface area contributed by atoms with Gasteiger partial charge in [0.25, 0.3) is 0 Å². The zero-order chi connectivity index (χ0) is 9.14. The van der Waals surface area contributed by atoms with Crippen molar-refractivity contribution in [3.63, 3.8) is 0 Å². The van der Waals surface area contributed by atoms with Crippen LogP contribution in [0.4, 0.5) is 0 Å². The molecule has 0 atom stereocenters. The highest BCUT2D eigenvalue weighted by atomic mass is 79.9. The molecule has 1 heterocycles. The Labute approximate surface area is 82.7 Å². The van der Waals surface area contributed by atoms with Crippen molar-refractivity contribution in [2.24, 2.45) is 0 Å². The number of carboxylic acid groups (broad SMARTS) is 1. The number of carbonyl (C=O) groups is 1. The normalized spacial score (nSPS) is 9.75. The molecule has 0 aliphatic carbocycles. The van der Waals surface area contributed by atoms with Crippen LogP contribution in [0.5, 0.6) is 0 Å². The van der Waals surface area contributed by atoms with Crippen molar-refractivity contribution in [2.45, 2.75) is 6.42 Å². The lowest BCUT2D eigenvalue weighted by atomic mass is 10.2. The first-order valence-corrected chi connectivity index (χ1v) is 4.86. The highest BCUT2D eigenvalue weighted by Crippen LogP contribution is 2.23. The zero-order valence-electron chi connectivity index (χ0n) is 6.21. The lowest BCUT2D eigenvalue weighted by Gasteiger charge is -1.95. The maximum absolute atomic E-state index is 10.4. The molecule has 1 aromatic heterocycles. The summed E-state index contributed by atoms with van der Waals surface area (Å²) in [5.74, 6) is -0.931. The molecule has 1 N–H and O–H groups in total. The van der Waals surface area contributed by atoms with Gasteiger partial charge in [-0.1, -0.05) is 6.58 Å². The van der Waals surface area contributed by atoms with Crippen LogP contribution < -0.4 is 0 Å². The van der Waals surface area contributed by atoms with Crippen LogP contribution in [0.1, 0.15) is 4.88 Å². The lowest BCUT2D eigenvalue weighted by Crippen LogP contribution is -2.00. The van der Waals surface area contributed by atoms with Crippen molar-refractivity contribution in [3.8, 4) is 0 Å². The smallest absolute Gasteiger partial charge is 0.331 e. The number of hydrogen-bond acceptors (Lipinski definition) is 2. The molecule has 64 valence electrons. The monoisotopic (exact) mass is 246 g/mol. The van der Waals surface area contributed by atoms with Crippen molar-refractivity contribution in [3.05, 3.63) is 32.9 Å². The maximum atomic E-state index is 10.4. The first kappa shape index (κ1) is 9.48. The Balaban J connectivity index is 2.64. The van der Waals surface area contributed by atoms with Crippen molar-refractivity contribution < 1.29 is 9.90 Å². The third-order valence-corrected chi connectivity index (χ3v) is 2.94. The molecule has 4 heteroatoms. The van der Waals surface area contributed by atoms with E-state index in [0.29, 0.717) is 6.42 Å². The molecule has 0 saturated carbocycles. The molecule has 0 radical (unpaired) electrons. The first-order valence-electron chi connectivity index (χ1n) is 3.25. The van der Waals surface area contributed by atoms with E-state index in [4.69, 9.17) is 5.11 Å². The molecule has 0 aromatic carbocycles. The van der Waals surface area contributed by atoms with Gasteiger partial charge in [-0.05, 0) is 28.1 Å². The third kappa shape index (κ3) is 2.46. The van der Waals surface area contributed by atoms with E-state index < -0.39 is 5.97 Å². The highest BCUT2D eigenvalue weighted by Gasteiger charge is 2.06. The largest absolute Gasteiger partial charge is 0.478 e. The molecule has 0 fully saturated rings. The summed E-state index contributed by atoms with van der Waals surface area (Å²) in [6, 6.07) is 3.79. The Bertz CT molecular complexity index is 317. The molecule has 2 nitrogen and oxygen atoms in total. The van der Waals surface area contributed by atoms with Gasteiger partial charge in [-0.15, -0.1) is 11.3 Å². The summed E-state index contributed by atoms with van der Waals surface area (Å²) in [7, 11) is 0. The van der Waals surface area contributed by atoms with E-state index in [9.17, 15) is 4.79 Å². The van der Waals surface area contributed by atoms with Crippen LogP contribution in [0.2, 0.25) is 0 Å². The lowest BCUT2D eigenvalue weighted by molar-refractivity contribution is -0.132. The minimum absolute atomic E-state index is 0.226. The molecule has 1 rings (SSSR count). The third-order valence-electron chi connectivity index (χ3n) is 1.32. The van der Waals surface area contributed by atoms with Crippen LogP contribution in [-0.4, -0.2) is 11.1 Å². The summed E-state index contributed by atoms with van der Waals surface area (Å²) in [4.78, 5) is 11.4. The van der Waals surface area contributed by atoms with Crippen LogP contribution in [0, 0.1) is 0 Å². The minimum atomic E-state index is -0.931. The molecule has 0 unspecified atom stereocenters. The number of aliphatic carboxylic acids is 1. The number of thiophene rings is 1. The van der Waals surface area contributed by atoms with Crippen molar-refractivity contribution in [2.75, 3.05) is 0 Å².